The van der Waals surface area contributed by atoms with Crippen LogP contribution in [0, 0.1) is 17.0 Å². The third-order valence-corrected chi connectivity index (χ3v) is 5.49. The molecule has 0 aliphatic heterocycles. The SMILES string of the molecule is Cc1nc(NC(=O)c2ccccc2NC(=O)CCCCCCCCN)sc1[N+](=O)[O-]. The van der Waals surface area contributed by atoms with Crippen LogP contribution < -0.4 is 16.4 Å². The largest absolute Gasteiger partial charge is 0.348 e. The number of carbonyl (C=O) groups is 2. The number of aryl methyl sites for hydroxylation is 1. The molecule has 0 aliphatic rings. The second-order valence-corrected chi connectivity index (χ2v) is 7.85. The molecule has 0 fully saturated rings. The second kappa shape index (κ2) is 12.0. The molecule has 1 heterocycles. The lowest BCUT2D eigenvalue weighted by Crippen LogP contribution is -2.18. The van der Waals surface area contributed by atoms with Crippen molar-refractivity contribution >= 4 is 39.0 Å². The summed E-state index contributed by atoms with van der Waals surface area (Å²) in [6, 6.07) is 6.64. The summed E-state index contributed by atoms with van der Waals surface area (Å²) in [6.07, 6.45) is 6.49. The van der Waals surface area contributed by atoms with Crippen LogP contribution in [-0.4, -0.2) is 28.3 Å². The molecule has 0 saturated carbocycles. The van der Waals surface area contributed by atoms with Crippen LogP contribution in [0.1, 0.15) is 61.0 Å². The van der Waals surface area contributed by atoms with Crippen LogP contribution in [0.5, 0.6) is 0 Å². The lowest BCUT2D eigenvalue weighted by Gasteiger charge is -2.10. The highest BCUT2D eigenvalue weighted by molar-refractivity contribution is 7.19. The molecule has 2 rings (SSSR count). The number of amides is 2. The van der Waals surface area contributed by atoms with E-state index in [1.165, 1.54) is 6.92 Å². The van der Waals surface area contributed by atoms with E-state index in [1.807, 2.05) is 0 Å². The minimum absolute atomic E-state index is 0.116. The van der Waals surface area contributed by atoms with E-state index in [-0.39, 0.29) is 27.3 Å². The fraction of sp³-hybridized carbons (Fsp3) is 0.450. The predicted molar refractivity (Wildman–Crippen MR) is 118 cm³/mol. The van der Waals surface area contributed by atoms with Crippen LogP contribution in [0.15, 0.2) is 24.3 Å². The van der Waals surface area contributed by atoms with Gasteiger partial charge in [0.25, 0.3) is 5.91 Å². The maximum atomic E-state index is 12.6. The van der Waals surface area contributed by atoms with Crippen molar-refractivity contribution < 1.29 is 14.5 Å². The van der Waals surface area contributed by atoms with Crippen LogP contribution in [0.2, 0.25) is 0 Å². The topological polar surface area (TPSA) is 140 Å². The standard InChI is InChI=1S/C20H27N5O4S/c1-14-19(25(28)29)30-20(22-14)24-18(27)15-10-7-8-11-16(15)23-17(26)12-6-4-2-3-5-9-13-21/h7-8,10-11H,2-6,9,12-13,21H2,1H3,(H,23,26)(H,22,24,27). The molecule has 30 heavy (non-hydrogen) atoms. The van der Waals surface area contributed by atoms with Gasteiger partial charge in [0.1, 0.15) is 5.69 Å². The summed E-state index contributed by atoms with van der Waals surface area (Å²) >= 11 is 0.794. The van der Waals surface area contributed by atoms with E-state index in [0.29, 0.717) is 18.7 Å². The first-order valence-corrected chi connectivity index (χ1v) is 10.8. The van der Waals surface area contributed by atoms with Gasteiger partial charge in [-0.25, -0.2) is 4.98 Å². The molecule has 0 saturated heterocycles. The van der Waals surface area contributed by atoms with Gasteiger partial charge >= 0.3 is 5.00 Å². The van der Waals surface area contributed by atoms with E-state index in [4.69, 9.17) is 5.73 Å². The Bertz CT molecular complexity index is 884. The third-order valence-electron chi connectivity index (χ3n) is 4.46. The number of benzene rings is 1. The van der Waals surface area contributed by atoms with Crippen molar-refractivity contribution in [1.29, 1.82) is 0 Å². The first-order chi connectivity index (χ1) is 14.4. The van der Waals surface area contributed by atoms with Gasteiger partial charge in [-0.1, -0.05) is 37.8 Å². The summed E-state index contributed by atoms with van der Waals surface area (Å²) in [4.78, 5) is 39.3. The molecule has 2 amide bonds. The molecular weight excluding hydrogens is 406 g/mol. The number of nitrogens with zero attached hydrogens (tertiary/aromatic N) is 2. The van der Waals surface area contributed by atoms with Gasteiger partial charge in [0.15, 0.2) is 5.13 Å². The Labute approximate surface area is 179 Å². The number of anilines is 2. The summed E-state index contributed by atoms with van der Waals surface area (Å²) < 4.78 is 0. The maximum Gasteiger partial charge on any atom is 0.348 e. The molecule has 1 aromatic heterocycles. The van der Waals surface area contributed by atoms with Crippen molar-refractivity contribution in [2.45, 2.75) is 51.9 Å². The van der Waals surface area contributed by atoms with Crippen molar-refractivity contribution in [2.75, 3.05) is 17.2 Å². The molecule has 0 unspecified atom stereocenters. The fourth-order valence-electron chi connectivity index (χ4n) is 2.92. The molecule has 0 aliphatic carbocycles. The number of nitrogens with two attached hydrogens (primary N) is 1. The summed E-state index contributed by atoms with van der Waals surface area (Å²) in [7, 11) is 0. The quantitative estimate of drug-likeness (QED) is 0.260. The third kappa shape index (κ3) is 7.20. The van der Waals surface area contributed by atoms with Gasteiger partial charge in [-0.2, -0.15) is 0 Å². The van der Waals surface area contributed by atoms with E-state index in [0.717, 1.165) is 49.9 Å². The number of hydrogen-bond donors (Lipinski definition) is 3. The van der Waals surface area contributed by atoms with Crippen LogP contribution >= 0.6 is 11.3 Å². The van der Waals surface area contributed by atoms with Gasteiger partial charge in [-0.15, -0.1) is 0 Å². The number of aromatic nitrogens is 1. The highest BCUT2D eigenvalue weighted by Crippen LogP contribution is 2.30. The van der Waals surface area contributed by atoms with E-state index >= 15 is 0 Å². The minimum atomic E-state index is -0.533. The van der Waals surface area contributed by atoms with Crippen molar-refractivity contribution in [2.24, 2.45) is 5.73 Å². The van der Waals surface area contributed by atoms with Gasteiger partial charge in [0.2, 0.25) is 5.91 Å². The number of nitrogens with one attached hydrogen (secondary N) is 2. The highest BCUT2D eigenvalue weighted by atomic mass is 32.1. The van der Waals surface area contributed by atoms with Crippen molar-refractivity contribution in [1.82, 2.24) is 4.98 Å². The number of nitro groups is 1. The smallest absolute Gasteiger partial charge is 0.330 e. The van der Waals surface area contributed by atoms with Gasteiger partial charge < -0.3 is 11.1 Å². The lowest BCUT2D eigenvalue weighted by molar-refractivity contribution is -0.380. The van der Waals surface area contributed by atoms with Crippen LogP contribution in [-0.2, 0) is 4.79 Å². The summed E-state index contributed by atoms with van der Waals surface area (Å²) in [5.74, 6) is -0.646. The molecule has 0 spiro atoms. The maximum absolute atomic E-state index is 12.6. The molecular formula is C20H27N5O4S. The Balaban J connectivity index is 1.90. The van der Waals surface area contributed by atoms with Crippen LogP contribution in [0.25, 0.3) is 0 Å². The lowest BCUT2D eigenvalue weighted by atomic mass is 10.1. The van der Waals surface area contributed by atoms with E-state index < -0.39 is 10.8 Å². The molecule has 0 atom stereocenters. The Morgan fingerprint density at radius 2 is 1.77 bits per heavy atom. The number of unbranched alkanes of at least 4 members (excludes halogenated alkanes) is 5. The number of hydrogen-bond acceptors (Lipinski definition) is 7. The molecule has 2 aromatic rings. The summed E-state index contributed by atoms with van der Waals surface area (Å²) in [5.41, 5.74) is 6.37. The molecule has 10 heteroatoms. The van der Waals surface area contributed by atoms with E-state index in [2.05, 4.69) is 15.6 Å². The fourth-order valence-corrected chi connectivity index (χ4v) is 3.69. The molecule has 9 nitrogen and oxygen atoms in total. The van der Waals surface area contributed by atoms with Gasteiger partial charge in [0.05, 0.1) is 16.2 Å². The van der Waals surface area contributed by atoms with Crippen molar-refractivity contribution in [3.63, 3.8) is 0 Å². The predicted octanol–water partition coefficient (Wildman–Crippen LogP) is 4.24. The van der Waals surface area contributed by atoms with Gasteiger partial charge in [-0.05, 0) is 49.8 Å². The number of para-hydroxylation sites is 1. The molecule has 0 bridgehead atoms. The Hall–Kier alpha value is -2.85. The zero-order valence-electron chi connectivity index (χ0n) is 17.0. The molecule has 0 radical (unpaired) electrons. The zero-order chi connectivity index (χ0) is 21.9. The number of rotatable bonds is 12. The van der Waals surface area contributed by atoms with Gasteiger partial charge in [-0.3, -0.25) is 25.0 Å². The average molecular weight is 434 g/mol. The highest BCUT2D eigenvalue weighted by Gasteiger charge is 2.20. The van der Waals surface area contributed by atoms with Crippen LogP contribution in [0.4, 0.5) is 15.8 Å². The Morgan fingerprint density at radius 3 is 2.43 bits per heavy atom. The Kier molecular flexibility index (Phi) is 9.36. The van der Waals surface area contributed by atoms with Crippen molar-refractivity contribution in [3.8, 4) is 0 Å². The first kappa shape index (κ1) is 23.4. The Morgan fingerprint density at radius 1 is 1.10 bits per heavy atom. The normalized spacial score (nSPS) is 10.6. The van der Waals surface area contributed by atoms with Gasteiger partial charge in [0, 0.05) is 6.42 Å². The number of thiazole rings is 1. The second-order valence-electron chi connectivity index (χ2n) is 6.87. The number of carbonyl (C=O) groups excluding carboxylic acids is 2. The van der Waals surface area contributed by atoms with Crippen LogP contribution in [0.3, 0.4) is 0 Å². The van der Waals surface area contributed by atoms with E-state index in [1.54, 1.807) is 24.3 Å². The molecule has 4 N–H and O–H groups in total. The van der Waals surface area contributed by atoms with E-state index in [9.17, 15) is 19.7 Å². The monoisotopic (exact) mass is 433 g/mol. The molecule has 1 aromatic carbocycles. The first-order valence-electron chi connectivity index (χ1n) is 9.94. The summed E-state index contributed by atoms with van der Waals surface area (Å²) in [6.45, 7) is 2.23. The average Bonchev–Trinajstić information content (AvgIpc) is 3.08. The molecule has 162 valence electrons. The summed E-state index contributed by atoms with van der Waals surface area (Å²) in [5, 5.41) is 16.3. The zero-order valence-corrected chi connectivity index (χ0v) is 17.8. The minimum Gasteiger partial charge on any atom is -0.330 e. The van der Waals surface area contributed by atoms with Crippen molar-refractivity contribution in [3.05, 3.63) is 45.6 Å².